The molecule has 0 atom stereocenters. The summed E-state index contributed by atoms with van der Waals surface area (Å²) in [5, 5.41) is 0. The van der Waals surface area contributed by atoms with Gasteiger partial charge in [0.25, 0.3) is 11.7 Å². The van der Waals surface area contributed by atoms with Crippen LogP contribution >= 0.6 is 0 Å². The zero-order valence-electron chi connectivity index (χ0n) is 7.69. The molecule has 6 heteroatoms. The van der Waals surface area contributed by atoms with Crippen molar-refractivity contribution in [2.75, 3.05) is 0 Å². The van der Waals surface area contributed by atoms with Crippen LogP contribution in [0.25, 0.3) is 0 Å². The number of hydrogen-bond acceptors (Lipinski definition) is 6. The minimum Gasteiger partial charge on any atom is -0.453 e. The Hall–Kier alpha value is -1.08. The molecule has 1 aliphatic carbocycles. The summed E-state index contributed by atoms with van der Waals surface area (Å²) in [4.78, 5) is 0. The van der Waals surface area contributed by atoms with E-state index in [2.05, 4.69) is 0 Å². The number of allylic oxidation sites excluding steroid dienone is 3. The highest BCUT2D eigenvalue weighted by Crippen LogP contribution is 2.32. The molecule has 0 aromatic rings. The Bertz CT molecular complexity index is 319. The van der Waals surface area contributed by atoms with Crippen LogP contribution in [-0.4, -0.2) is 11.7 Å². The minimum absolute atomic E-state index is 0.507. The Morgan fingerprint density at radius 3 is 2.43 bits per heavy atom. The van der Waals surface area contributed by atoms with E-state index in [1.165, 1.54) is 0 Å². The molecule has 14 heavy (non-hydrogen) atoms. The molecule has 0 radical (unpaired) electrons. The summed E-state index contributed by atoms with van der Waals surface area (Å²) in [6.45, 7) is 0. The largest absolute Gasteiger partial charge is 0.453 e. The third-order valence-electron chi connectivity index (χ3n) is 2.26. The zero-order valence-corrected chi connectivity index (χ0v) is 7.69. The van der Waals surface area contributed by atoms with E-state index in [0.717, 1.165) is 6.42 Å². The first-order chi connectivity index (χ1) is 6.42. The molecule has 0 aromatic carbocycles. The lowest BCUT2D eigenvalue weighted by Crippen LogP contribution is -2.79. The lowest BCUT2D eigenvalue weighted by Gasteiger charge is -2.44. The Morgan fingerprint density at radius 1 is 1.07 bits per heavy atom. The molecular formula is C8H14N4O2. The van der Waals surface area contributed by atoms with Gasteiger partial charge in [0.15, 0.2) is 5.76 Å². The van der Waals surface area contributed by atoms with E-state index in [9.17, 15) is 0 Å². The van der Waals surface area contributed by atoms with Gasteiger partial charge < -0.3 is 9.47 Å². The van der Waals surface area contributed by atoms with Crippen molar-refractivity contribution in [2.45, 2.75) is 24.5 Å². The number of hydrogen-bond donors (Lipinski definition) is 4. The topological polar surface area (TPSA) is 123 Å². The average Bonchev–Trinajstić information content (AvgIpc) is 2.05. The summed E-state index contributed by atoms with van der Waals surface area (Å²) in [5.41, 5.74) is 22.3. The first-order valence-electron chi connectivity index (χ1n) is 4.36. The molecule has 0 bridgehead atoms. The third kappa shape index (κ3) is 1.28. The van der Waals surface area contributed by atoms with Crippen molar-refractivity contribution in [3.05, 3.63) is 23.7 Å². The summed E-state index contributed by atoms with van der Waals surface area (Å²) >= 11 is 0. The van der Waals surface area contributed by atoms with Crippen molar-refractivity contribution in [1.82, 2.24) is 0 Å². The number of ether oxygens (including phenoxy) is 2. The van der Waals surface area contributed by atoms with Crippen molar-refractivity contribution < 1.29 is 9.47 Å². The van der Waals surface area contributed by atoms with E-state index >= 15 is 0 Å². The fourth-order valence-corrected chi connectivity index (χ4v) is 1.36. The van der Waals surface area contributed by atoms with Crippen molar-refractivity contribution in [3.8, 4) is 0 Å². The standard InChI is InChI=1S/C8H14N4O2/c9-7(10)8(11,12)14-6-4-2-1-3-5(6)13-7/h1,3H,2,4,9-12H2. The maximum absolute atomic E-state index is 5.58. The van der Waals surface area contributed by atoms with Crippen LogP contribution in [-0.2, 0) is 9.47 Å². The van der Waals surface area contributed by atoms with Gasteiger partial charge in [0, 0.05) is 6.42 Å². The maximum Gasteiger partial charge on any atom is 0.282 e. The molecule has 0 fully saturated rings. The molecule has 0 unspecified atom stereocenters. The van der Waals surface area contributed by atoms with Gasteiger partial charge in [0.05, 0.1) is 0 Å². The van der Waals surface area contributed by atoms with E-state index in [1.54, 1.807) is 6.08 Å². The van der Waals surface area contributed by atoms with Gasteiger partial charge in [-0.25, -0.2) is 0 Å². The average molecular weight is 198 g/mol. The summed E-state index contributed by atoms with van der Waals surface area (Å²) in [5.74, 6) is -2.30. The molecule has 1 aliphatic heterocycles. The molecule has 1 heterocycles. The van der Waals surface area contributed by atoms with Crippen LogP contribution in [0, 0.1) is 0 Å². The summed E-state index contributed by atoms with van der Waals surface area (Å²) < 4.78 is 10.6. The zero-order chi connectivity index (χ0) is 10.4. The molecule has 0 amide bonds. The molecule has 2 rings (SSSR count). The molecule has 2 aliphatic rings. The van der Waals surface area contributed by atoms with Gasteiger partial charge in [-0.05, 0) is 12.5 Å². The minimum atomic E-state index is -1.71. The van der Waals surface area contributed by atoms with Crippen molar-refractivity contribution in [1.29, 1.82) is 0 Å². The Morgan fingerprint density at radius 2 is 1.71 bits per heavy atom. The second kappa shape index (κ2) is 2.71. The maximum atomic E-state index is 5.58. The fourth-order valence-electron chi connectivity index (χ4n) is 1.36. The Labute approximate surface area is 81.5 Å². The first-order valence-corrected chi connectivity index (χ1v) is 4.36. The summed E-state index contributed by atoms with van der Waals surface area (Å²) in [6.07, 6.45) is 5.25. The predicted molar refractivity (Wildman–Crippen MR) is 49.8 cm³/mol. The Balaban J connectivity index is 2.35. The monoisotopic (exact) mass is 198 g/mol. The molecule has 0 saturated carbocycles. The quantitative estimate of drug-likeness (QED) is 0.360. The summed E-state index contributed by atoms with van der Waals surface area (Å²) in [7, 11) is 0. The Kier molecular flexibility index (Phi) is 1.83. The highest BCUT2D eigenvalue weighted by Gasteiger charge is 2.50. The molecule has 0 spiro atoms. The lowest BCUT2D eigenvalue weighted by atomic mass is 10.1. The van der Waals surface area contributed by atoms with Crippen LogP contribution in [0.15, 0.2) is 23.7 Å². The molecule has 8 N–H and O–H groups in total. The van der Waals surface area contributed by atoms with E-state index in [4.69, 9.17) is 32.4 Å². The lowest BCUT2D eigenvalue weighted by molar-refractivity contribution is -0.194. The predicted octanol–water partition coefficient (Wildman–Crippen LogP) is -1.26. The van der Waals surface area contributed by atoms with Crippen LogP contribution in [0.3, 0.4) is 0 Å². The van der Waals surface area contributed by atoms with Crippen LogP contribution in [0.4, 0.5) is 0 Å². The van der Waals surface area contributed by atoms with Gasteiger partial charge >= 0.3 is 0 Å². The van der Waals surface area contributed by atoms with Crippen LogP contribution in [0.1, 0.15) is 12.8 Å². The highest BCUT2D eigenvalue weighted by molar-refractivity contribution is 5.24. The van der Waals surface area contributed by atoms with E-state index in [1.807, 2.05) is 6.08 Å². The van der Waals surface area contributed by atoms with Crippen LogP contribution < -0.4 is 22.9 Å². The van der Waals surface area contributed by atoms with Crippen molar-refractivity contribution in [2.24, 2.45) is 22.9 Å². The van der Waals surface area contributed by atoms with Crippen LogP contribution in [0.5, 0.6) is 0 Å². The van der Waals surface area contributed by atoms with E-state index < -0.39 is 11.7 Å². The normalized spacial score (nSPS) is 27.7. The molecule has 6 nitrogen and oxygen atoms in total. The molecule has 0 saturated heterocycles. The van der Waals surface area contributed by atoms with Crippen molar-refractivity contribution >= 4 is 0 Å². The molecule has 78 valence electrons. The van der Waals surface area contributed by atoms with Gasteiger partial charge in [-0.15, -0.1) is 0 Å². The summed E-state index contributed by atoms with van der Waals surface area (Å²) in [6, 6.07) is 0. The second-order valence-corrected chi connectivity index (χ2v) is 3.52. The van der Waals surface area contributed by atoms with Gasteiger partial charge in [0.1, 0.15) is 5.76 Å². The van der Waals surface area contributed by atoms with E-state index in [0.29, 0.717) is 17.9 Å². The van der Waals surface area contributed by atoms with Gasteiger partial charge in [-0.2, -0.15) is 0 Å². The van der Waals surface area contributed by atoms with Gasteiger partial charge in [-0.3, -0.25) is 22.9 Å². The fraction of sp³-hybridized carbons (Fsp3) is 0.500. The van der Waals surface area contributed by atoms with Crippen molar-refractivity contribution in [3.63, 3.8) is 0 Å². The van der Waals surface area contributed by atoms with E-state index in [-0.39, 0.29) is 0 Å². The van der Waals surface area contributed by atoms with Crippen LogP contribution in [0.2, 0.25) is 0 Å². The first kappa shape index (κ1) is 9.47. The van der Waals surface area contributed by atoms with Gasteiger partial charge in [0.2, 0.25) is 0 Å². The highest BCUT2D eigenvalue weighted by atomic mass is 16.6. The number of rotatable bonds is 0. The SMILES string of the molecule is NC1(N)OC2=C(CCC=C2)OC1(N)N. The molecular weight excluding hydrogens is 184 g/mol. The third-order valence-corrected chi connectivity index (χ3v) is 2.26. The van der Waals surface area contributed by atoms with Gasteiger partial charge in [-0.1, -0.05) is 6.08 Å². The number of nitrogens with two attached hydrogens (primary N) is 4. The smallest absolute Gasteiger partial charge is 0.282 e. The second-order valence-electron chi connectivity index (χ2n) is 3.52. The molecule has 0 aromatic heterocycles.